The maximum atomic E-state index is 11.8. The number of carbonyl (C=O) groups excluding carboxylic acids is 3. The molecule has 0 aromatic carbocycles. The lowest BCUT2D eigenvalue weighted by molar-refractivity contribution is -0.155. The Hall–Kier alpha value is -1.69. The fourth-order valence-corrected chi connectivity index (χ4v) is 1.77. The lowest BCUT2D eigenvalue weighted by Crippen LogP contribution is -2.56. The van der Waals surface area contributed by atoms with Gasteiger partial charge in [0.25, 0.3) is 0 Å². The number of rotatable bonds is 5. The second kappa shape index (κ2) is 5.77. The molecule has 100 valence electrons. The van der Waals surface area contributed by atoms with E-state index >= 15 is 0 Å². The average Bonchev–Trinajstić information content (AvgIpc) is 2.34. The zero-order chi connectivity index (χ0) is 13.9. The van der Waals surface area contributed by atoms with Crippen molar-refractivity contribution in [2.45, 2.75) is 13.0 Å². The Bertz CT molecular complexity index is 392. The fraction of sp³-hybridized carbons (Fsp3) is 0.583. The summed E-state index contributed by atoms with van der Waals surface area (Å²) < 4.78 is 0. The van der Waals surface area contributed by atoms with Crippen molar-refractivity contribution in [2.75, 3.05) is 33.7 Å². The smallest absolute Gasteiger partial charge is 0.312 e. The van der Waals surface area contributed by atoms with Crippen molar-refractivity contribution in [3.8, 4) is 0 Å². The van der Waals surface area contributed by atoms with E-state index in [0.717, 1.165) is 0 Å². The number of hydrogen-bond acceptors (Lipinski definition) is 4. The molecule has 1 aliphatic heterocycles. The number of nitrogens with zero attached hydrogens (tertiary/aromatic N) is 2. The highest BCUT2D eigenvalue weighted by Crippen LogP contribution is 2.06. The number of nitrogens with one attached hydrogen (secondary N) is 1. The lowest BCUT2D eigenvalue weighted by Gasteiger charge is -2.33. The van der Waals surface area contributed by atoms with Gasteiger partial charge >= 0.3 is 11.8 Å². The molecule has 1 heterocycles. The van der Waals surface area contributed by atoms with E-state index in [1.807, 2.05) is 0 Å². The number of hydrogen-bond donors (Lipinski definition) is 1. The first-order chi connectivity index (χ1) is 8.38. The van der Waals surface area contributed by atoms with Gasteiger partial charge in [0.05, 0.1) is 6.04 Å². The van der Waals surface area contributed by atoms with E-state index < -0.39 is 17.9 Å². The molecule has 0 aromatic heterocycles. The molecule has 6 heteroatoms. The SMILES string of the molecule is C=C(C)C(=O)C(CN1CCN(C)C(=O)C1=O)NC. The van der Waals surface area contributed by atoms with Crippen LogP contribution in [0.3, 0.4) is 0 Å². The Labute approximate surface area is 107 Å². The van der Waals surface area contributed by atoms with Crippen LogP contribution in [-0.2, 0) is 14.4 Å². The number of carbonyl (C=O) groups is 3. The molecule has 1 rings (SSSR count). The van der Waals surface area contributed by atoms with Crippen molar-refractivity contribution in [3.63, 3.8) is 0 Å². The van der Waals surface area contributed by atoms with Gasteiger partial charge in [-0.2, -0.15) is 0 Å². The van der Waals surface area contributed by atoms with E-state index in [0.29, 0.717) is 18.7 Å². The summed E-state index contributed by atoms with van der Waals surface area (Å²) in [5, 5.41) is 2.85. The van der Waals surface area contributed by atoms with Gasteiger partial charge in [-0.15, -0.1) is 0 Å². The predicted molar refractivity (Wildman–Crippen MR) is 66.9 cm³/mol. The van der Waals surface area contributed by atoms with Crippen molar-refractivity contribution in [3.05, 3.63) is 12.2 Å². The normalized spacial score (nSPS) is 17.9. The highest BCUT2D eigenvalue weighted by Gasteiger charge is 2.32. The molecule has 0 radical (unpaired) electrons. The van der Waals surface area contributed by atoms with Crippen molar-refractivity contribution in [1.29, 1.82) is 0 Å². The number of Topliss-reactive ketones (excluding diaryl/α,β-unsaturated/α-hetero) is 1. The molecule has 18 heavy (non-hydrogen) atoms. The third-order valence-electron chi connectivity index (χ3n) is 3.01. The number of amides is 2. The Kier molecular flexibility index (Phi) is 4.61. The van der Waals surface area contributed by atoms with Gasteiger partial charge in [0, 0.05) is 26.7 Å². The zero-order valence-corrected chi connectivity index (χ0v) is 11.0. The Morgan fingerprint density at radius 2 is 2.00 bits per heavy atom. The van der Waals surface area contributed by atoms with E-state index in [9.17, 15) is 14.4 Å². The van der Waals surface area contributed by atoms with E-state index in [1.54, 1.807) is 21.0 Å². The molecule has 0 spiro atoms. The van der Waals surface area contributed by atoms with Gasteiger partial charge in [0.2, 0.25) is 0 Å². The van der Waals surface area contributed by atoms with Crippen LogP contribution in [0.15, 0.2) is 12.2 Å². The minimum atomic E-state index is -0.557. The topological polar surface area (TPSA) is 69.7 Å². The van der Waals surface area contributed by atoms with Crippen LogP contribution in [0.1, 0.15) is 6.92 Å². The Morgan fingerprint density at radius 3 is 2.50 bits per heavy atom. The summed E-state index contributed by atoms with van der Waals surface area (Å²) in [5.74, 6) is -1.23. The molecule has 6 nitrogen and oxygen atoms in total. The number of likely N-dealkylation sites (N-methyl/N-ethyl adjacent to an activating group) is 2. The molecular formula is C12H19N3O3. The molecule has 1 N–H and O–H groups in total. The van der Waals surface area contributed by atoms with E-state index in [-0.39, 0.29) is 12.3 Å². The first-order valence-corrected chi connectivity index (χ1v) is 5.79. The second-order valence-corrected chi connectivity index (χ2v) is 4.46. The highest BCUT2D eigenvalue weighted by molar-refractivity contribution is 6.35. The van der Waals surface area contributed by atoms with Gasteiger partial charge < -0.3 is 15.1 Å². The van der Waals surface area contributed by atoms with Gasteiger partial charge in [-0.3, -0.25) is 14.4 Å². The molecule has 2 amide bonds. The Balaban J connectivity index is 2.71. The third-order valence-corrected chi connectivity index (χ3v) is 3.01. The first-order valence-electron chi connectivity index (χ1n) is 5.79. The largest absolute Gasteiger partial charge is 0.336 e. The molecule has 1 saturated heterocycles. The molecule has 1 fully saturated rings. The van der Waals surface area contributed by atoms with Crippen LogP contribution in [0.4, 0.5) is 0 Å². The summed E-state index contributed by atoms with van der Waals surface area (Å²) in [6.45, 7) is 6.35. The number of ketones is 1. The van der Waals surface area contributed by atoms with E-state index in [1.165, 1.54) is 9.80 Å². The summed E-state index contributed by atoms with van der Waals surface area (Å²) in [4.78, 5) is 37.9. The summed E-state index contributed by atoms with van der Waals surface area (Å²) in [6, 6.07) is -0.511. The molecule has 1 unspecified atom stereocenters. The van der Waals surface area contributed by atoms with E-state index in [2.05, 4.69) is 11.9 Å². The summed E-state index contributed by atoms with van der Waals surface area (Å²) in [7, 11) is 3.24. The summed E-state index contributed by atoms with van der Waals surface area (Å²) >= 11 is 0. The average molecular weight is 253 g/mol. The minimum absolute atomic E-state index is 0.142. The second-order valence-electron chi connectivity index (χ2n) is 4.46. The maximum absolute atomic E-state index is 11.8. The van der Waals surface area contributed by atoms with Gasteiger partial charge in [-0.1, -0.05) is 6.58 Å². The van der Waals surface area contributed by atoms with Crippen LogP contribution >= 0.6 is 0 Å². The van der Waals surface area contributed by atoms with Gasteiger partial charge in [0.15, 0.2) is 5.78 Å². The zero-order valence-electron chi connectivity index (χ0n) is 11.0. The Morgan fingerprint density at radius 1 is 1.39 bits per heavy atom. The molecule has 0 aliphatic carbocycles. The lowest BCUT2D eigenvalue weighted by atomic mass is 10.1. The molecular weight excluding hydrogens is 234 g/mol. The molecule has 0 bridgehead atoms. The standard InChI is InChI=1S/C12H19N3O3/c1-8(2)10(16)9(13-3)7-15-6-5-14(4)11(17)12(15)18/h9,13H,1,5-7H2,2-4H3. The minimum Gasteiger partial charge on any atom is -0.336 e. The number of piperazine rings is 1. The predicted octanol–water partition coefficient (Wildman–Crippen LogP) is -0.980. The van der Waals surface area contributed by atoms with E-state index in [4.69, 9.17) is 0 Å². The summed E-state index contributed by atoms with van der Waals surface area (Å²) in [6.07, 6.45) is 0. The highest BCUT2D eigenvalue weighted by atomic mass is 16.2. The van der Waals surface area contributed by atoms with Crippen LogP contribution in [0.5, 0.6) is 0 Å². The fourth-order valence-electron chi connectivity index (χ4n) is 1.77. The van der Waals surface area contributed by atoms with Crippen LogP contribution in [0.2, 0.25) is 0 Å². The molecule has 0 saturated carbocycles. The molecule has 1 aliphatic rings. The van der Waals surface area contributed by atoms with Gasteiger partial charge in [-0.25, -0.2) is 0 Å². The van der Waals surface area contributed by atoms with Crippen molar-refractivity contribution in [1.82, 2.24) is 15.1 Å². The maximum Gasteiger partial charge on any atom is 0.312 e. The monoisotopic (exact) mass is 253 g/mol. The van der Waals surface area contributed by atoms with Crippen LogP contribution in [-0.4, -0.2) is 67.2 Å². The van der Waals surface area contributed by atoms with Crippen LogP contribution < -0.4 is 5.32 Å². The first kappa shape index (κ1) is 14.4. The van der Waals surface area contributed by atoms with Crippen LogP contribution in [0.25, 0.3) is 0 Å². The van der Waals surface area contributed by atoms with Crippen molar-refractivity contribution < 1.29 is 14.4 Å². The van der Waals surface area contributed by atoms with Gasteiger partial charge in [0.1, 0.15) is 0 Å². The summed E-state index contributed by atoms with van der Waals surface area (Å²) in [5.41, 5.74) is 0.433. The molecule has 1 atom stereocenters. The van der Waals surface area contributed by atoms with Gasteiger partial charge in [-0.05, 0) is 19.5 Å². The van der Waals surface area contributed by atoms with Crippen LogP contribution in [0, 0.1) is 0 Å². The van der Waals surface area contributed by atoms with Crippen molar-refractivity contribution >= 4 is 17.6 Å². The third kappa shape index (κ3) is 2.95. The quantitative estimate of drug-likeness (QED) is 0.505. The molecule has 0 aromatic rings. The van der Waals surface area contributed by atoms with Crippen molar-refractivity contribution in [2.24, 2.45) is 0 Å².